The third-order valence-corrected chi connectivity index (χ3v) is 5.68. The van der Waals surface area contributed by atoms with E-state index in [1.807, 2.05) is 0 Å². The lowest BCUT2D eigenvalue weighted by molar-refractivity contribution is -0.118. The standard InChI is InChI=1S/C19H20ClN3O2S/c1-2-10-21-17(24)12-26-19-22-16-11-13(20)8-9-15(16)18(25)23(19)14-6-4-3-5-7-14/h1,8-9,11,14H,3-7,10,12H2,(H,21,24). The lowest BCUT2D eigenvalue weighted by Gasteiger charge is -2.26. The fourth-order valence-electron chi connectivity index (χ4n) is 3.25. The summed E-state index contributed by atoms with van der Waals surface area (Å²) in [4.78, 5) is 29.7. The maximum Gasteiger partial charge on any atom is 0.262 e. The molecule has 1 aromatic heterocycles. The number of nitrogens with zero attached hydrogens (tertiary/aromatic N) is 2. The molecule has 1 aliphatic rings. The first-order valence-corrected chi connectivity index (χ1v) is 10.0. The van der Waals surface area contributed by atoms with Crippen molar-refractivity contribution in [3.05, 3.63) is 33.6 Å². The average molecular weight is 390 g/mol. The molecular weight excluding hydrogens is 370 g/mol. The highest BCUT2D eigenvalue weighted by Gasteiger charge is 2.22. The lowest BCUT2D eigenvalue weighted by Crippen LogP contribution is -2.30. The second-order valence-corrected chi connectivity index (χ2v) is 7.67. The summed E-state index contributed by atoms with van der Waals surface area (Å²) in [6, 6.07) is 5.24. The number of terminal acetylenes is 1. The topological polar surface area (TPSA) is 64.0 Å². The van der Waals surface area contributed by atoms with Gasteiger partial charge in [-0.3, -0.25) is 14.2 Å². The third-order valence-electron chi connectivity index (χ3n) is 4.49. The van der Waals surface area contributed by atoms with Crippen LogP contribution in [0.3, 0.4) is 0 Å². The smallest absolute Gasteiger partial charge is 0.262 e. The fourth-order valence-corrected chi connectivity index (χ4v) is 4.31. The molecule has 0 unspecified atom stereocenters. The number of fused-ring (bicyclic) bond motifs is 1. The van der Waals surface area contributed by atoms with Gasteiger partial charge in [0.05, 0.1) is 23.2 Å². The average Bonchev–Trinajstić information content (AvgIpc) is 2.65. The molecule has 1 heterocycles. The van der Waals surface area contributed by atoms with E-state index in [-0.39, 0.29) is 29.8 Å². The van der Waals surface area contributed by atoms with E-state index in [4.69, 9.17) is 18.0 Å². The summed E-state index contributed by atoms with van der Waals surface area (Å²) in [5.41, 5.74) is 0.492. The Labute approximate surface area is 161 Å². The van der Waals surface area contributed by atoms with Crippen molar-refractivity contribution in [2.45, 2.75) is 43.3 Å². The van der Waals surface area contributed by atoms with Gasteiger partial charge in [-0.1, -0.05) is 48.5 Å². The summed E-state index contributed by atoms with van der Waals surface area (Å²) in [5, 5.41) is 4.28. The normalized spacial score (nSPS) is 14.9. The van der Waals surface area contributed by atoms with Crippen molar-refractivity contribution in [2.24, 2.45) is 0 Å². The molecule has 1 saturated carbocycles. The second kappa shape index (κ2) is 8.61. The van der Waals surface area contributed by atoms with Crippen LogP contribution >= 0.6 is 23.4 Å². The molecule has 1 amide bonds. The van der Waals surface area contributed by atoms with Crippen molar-refractivity contribution >= 4 is 40.2 Å². The summed E-state index contributed by atoms with van der Waals surface area (Å²) in [6.07, 6.45) is 10.5. The first-order chi connectivity index (χ1) is 12.6. The predicted octanol–water partition coefficient (Wildman–Crippen LogP) is 3.40. The molecule has 26 heavy (non-hydrogen) atoms. The number of carbonyl (C=O) groups is 1. The SMILES string of the molecule is C#CCNC(=O)CSc1nc2cc(Cl)ccc2c(=O)n1C1CCCCC1. The molecule has 5 nitrogen and oxygen atoms in total. The minimum absolute atomic E-state index is 0.0647. The Morgan fingerprint density at radius 2 is 2.15 bits per heavy atom. The molecule has 1 N–H and O–H groups in total. The van der Waals surface area contributed by atoms with E-state index < -0.39 is 0 Å². The highest BCUT2D eigenvalue weighted by atomic mass is 35.5. The van der Waals surface area contributed by atoms with E-state index >= 15 is 0 Å². The molecule has 0 bridgehead atoms. The van der Waals surface area contributed by atoms with Crippen LogP contribution in [0.4, 0.5) is 0 Å². The highest BCUT2D eigenvalue weighted by Crippen LogP contribution is 2.31. The van der Waals surface area contributed by atoms with E-state index in [1.54, 1.807) is 22.8 Å². The van der Waals surface area contributed by atoms with Crippen LogP contribution in [0, 0.1) is 12.3 Å². The van der Waals surface area contributed by atoms with Gasteiger partial charge in [-0.05, 0) is 31.0 Å². The second-order valence-electron chi connectivity index (χ2n) is 6.29. The molecule has 2 aromatic rings. The summed E-state index contributed by atoms with van der Waals surface area (Å²) in [5.74, 6) is 2.36. The van der Waals surface area contributed by atoms with Crippen LogP contribution in [-0.2, 0) is 4.79 Å². The Morgan fingerprint density at radius 3 is 2.88 bits per heavy atom. The minimum atomic E-state index is -0.177. The molecule has 3 rings (SSSR count). The third kappa shape index (κ3) is 4.22. The minimum Gasteiger partial charge on any atom is -0.344 e. The first kappa shape index (κ1) is 18.8. The van der Waals surface area contributed by atoms with Gasteiger partial charge in [0.15, 0.2) is 5.16 Å². The van der Waals surface area contributed by atoms with Crippen LogP contribution in [-0.4, -0.2) is 27.8 Å². The number of thioether (sulfide) groups is 1. The quantitative estimate of drug-likeness (QED) is 0.483. The van der Waals surface area contributed by atoms with Crippen molar-refractivity contribution in [3.8, 4) is 12.3 Å². The molecule has 7 heteroatoms. The number of halogens is 1. The summed E-state index contributed by atoms with van der Waals surface area (Å²) in [7, 11) is 0. The van der Waals surface area contributed by atoms with Gasteiger partial charge in [-0.25, -0.2) is 4.98 Å². The van der Waals surface area contributed by atoms with E-state index in [0.717, 1.165) is 25.7 Å². The van der Waals surface area contributed by atoms with E-state index in [1.165, 1.54) is 18.2 Å². The molecule has 1 aliphatic carbocycles. The van der Waals surface area contributed by atoms with Gasteiger partial charge in [0.1, 0.15) is 0 Å². The number of carbonyl (C=O) groups excluding carboxylic acids is 1. The van der Waals surface area contributed by atoms with E-state index in [0.29, 0.717) is 21.1 Å². The summed E-state index contributed by atoms with van der Waals surface area (Å²) < 4.78 is 1.77. The van der Waals surface area contributed by atoms with Crippen LogP contribution < -0.4 is 10.9 Å². The molecule has 0 spiro atoms. The van der Waals surface area contributed by atoms with Gasteiger partial charge >= 0.3 is 0 Å². The number of hydrogen-bond acceptors (Lipinski definition) is 4. The van der Waals surface area contributed by atoms with Crippen LogP contribution in [0.25, 0.3) is 10.9 Å². The Balaban J connectivity index is 1.99. The van der Waals surface area contributed by atoms with Crippen molar-refractivity contribution < 1.29 is 4.79 Å². The number of rotatable bonds is 5. The van der Waals surface area contributed by atoms with E-state index in [2.05, 4.69) is 16.2 Å². The highest BCUT2D eigenvalue weighted by molar-refractivity contribution is 7.99. The van der Waals surface area contributed by atoms with Crippen molar-refractivity contribution in [1.82, 2.24) is 14.9 Å². The van der Waals surface area contributed by atoms with Crippen molar-refractivity contribution in [1.29, 1.82) is 0 Å². The van der Waals surface area contributed by atoms with Gasteiger partial charge in [0, 0.05) is 11.1 Å². The Bertz CT molecular complexity index is 913. The number of nitrogens with one attached hydrogen (secondary N) is 1. The van der Waals surface area contributed by atoms with Gasteiger partial charge < -0.3 is 5.32 Å². The van der Waals surface area contributed by atoms with Gasteiger partial charge in [0.2, 0.25) is 5.91 Å². The molecule has 0 radical (unpaired) electrons. The summed E-state index contributed by atoms with van der Waals surface area (Å²) in [6.45, 7) is 0.190. The van der Waals surface area contributed by atoms with Crippen molar-refractivity contribution in [3.63, 3.8) is 0 Å². The van der Waals surface area contributed by atoms with Gasteiger partial charge in [-0.2, -0.15) is 0 Å². The molecule has 0 aliphatic heterocycles. The fraction of sp³-hybridized carbons (Fsp3) is 0.421. The Kier molecular flexibility index (Phi) is 6.23. The summed E-state index contributed by atoms with van der Waals surface area (Å²) >= 11 is 7.32. The predicted molar refractivity (Wildman–Crippen MR) is 106 cm³/mol. The molecule has 136 valence electrons. The van der Waals surface area contributed by atoms with E-state index in [9.17, 15) is 9.59 Å². The number of hydrogen-bond donors (Lipinski definition) is 1. The molecule has 0 saturated heterocycles. The lowest BCUT2D eigenvalue weighted by atomic mass is 9.95. The Morgan fingerprint density at radius 1 is 1.38 bits per heavy atom. The molecule has 1 aromatic carbocycles. The monoisotopic (exact) mass is 389 g/mol. The molecule has 1 fully saturated rings. The van der Waals surface area contributed by atoms with Crippen LogP contribution in [0.5, 0.6) is 0 Å². The Hall–Kier alpha value is -1.97. The number of amides is 1. The number of benzene rings is 1. The van der Waals surface area contributed by atoms with Crippen LogP contribution in [0.2, 0.25) is 5.02 Å². The largest absolute Gasteiger partial charge is 0.344 e. The number of aromatic nitrogens is 2. The van der Waals surface area contributed by atoms with Crippen LogP contribution in [0.15, 0.2) is 28.2 Å². The zero-order chi connectivity index (χ0) is 18.5. The van der Waals surface area contributed by atoms with Gasteiger partial charge in [-0.15, -0.1) is 6.42 Å². The molecular formula is C19H20ClN3O2S. The zero-order valence-corrected chi connectivity index (χ0v) is 15.9. The van der Waals surface area contributed by atoms with Crippen molar-refractivity contribution in [2.75, 3.05) is 12.3 Å². The zero-order valence-electron chi connectivity index (χ0n) is 14.3. The van der Waals surface area contributed by atoms with Crippen LogP contribution in [0.1, 0.15) is 38.1 Å². The maximum absolute atomic E-state index is 13.1. The molecule has 0 atom stereocenters. The first-order valence-electron chi connectivity index (χ1n) is 8.65. The van der Waals surface area contributed by atoms with Gasteiger partial charge in [0.25, 0.3) is 5.56 Å². The maximum atomic E-state index is 13.1.